The van der Waals surface area contributed by atoms with Crippen molar-refractivity contribution in [3.8, 4) is 0 Å². The molecule has 1 heterocycles. The molecule has 3 nitrogen and oxygen atoms in total. The van der Waals surface area contributed by atoms with E-state index in [0.29, 0.717) is 0 Å². The highest BCUT2D eigenvalue weighted by Gasteiger charge is 2.17. The van der Waals surface area contributed by atoms with Crippen LogP contribution in [0.2, 0.25) is 0 Å². The average Bonchev–Trinajstić information content (AvgIpc) is 2.04. The predicted molar refractivity (Wildman–Crippen MR) is 42.8 cm³/mol. The molecule has 0 radical (unpaired) electrons. The summed E-state index contributed by atoms with van der Waals surface area (Å²) in [6, 6.07) is 0. The zero-order valence-electron chi connectivity index (χ0n) is 6.87. The van der Waals surface area contributed by atoms with Crippen LogP contribution in [0.4, 0.5) is 8.78 Å². The Morgan fingerprint density at radius 3 is 2.38 bits per heavy atom. The Bertz CT molecular complexity index is 273. The largest absolute Gasteiger partial charge is 0.388 e. The molecular weight excluding hydrogens is 178 g/mol. The monoisotopic (exact) mass is 188 g/mol. The third-order valence-corrected chi connectivity index (χ3v) is 1.66. The van der Waals surface area contributed by atoms with Crippen LogP contribution in [0.5, 0.6) is 0 Å². The lowest BCUT2D eigenvalue weighted by Crippen LogP contribution is -2.10. The van der Waals surface area contributed by atoms with Gasteiger partial charge in [0.15, 0.2) is 0 Å². The van der Waals surface area contributed by atoms with Gasteiger partial charge in [-0.3, -0.25) is 4.98 Å². The highest BCUT2D eigenvalue weighted by atomic mass is 19.1. The minimum absolute atomic E-state index is 0.123. The van der Waals surface area contributed by atoms with E-state index in [1.807, 2.05) is 0 Å². The second-order valence-electron chi connectivity index (χ2n) is 2.61. The van der Waals surface area contributed by atoms with E-state index in [4.69, 9.17) is 5.73 Å². The maximum atomic E-state index is 12.9. The molecule has 0 amide bonds. The molecule has 0 unspecified atom stereocenters. The van der Waals surface area contributed by atoms with Crippen LogP contribution in [0, 0.1) is 11.6 Å². The number of nitrogens with two attached hydrogens (primary N) is 1. The molecule has 0 fully saturated rings. The predicted octanol–water partition coefficient (Wildman–Crippen LogP) is 0.742. The average molecular weight is 188 g/mol. The Morgan fingerprint density at radius 1 is 1.38 bits per heavy atom. The molecule has 13 heavy (non-hydrogen) atoms. The van der Waals surface area contributed by atoms with E-state index < -0.39 is 17.7 Å². The van der Waals surface area contributed by atoms with Gasteiger partial charge in [0, 0.05) is 0 Å². The molecule has 0 saturated heterocycles. The molecule has 0 aromatic carbocycles. The first-order valence-corrected chi connectivity index (χ1v) is 3.84. The van der Waals surface area contributed by atoms with Crippen LogP contribution in [-0.2, 0) is 0 Å². The third-order valence-electron chi connectivity index (χ3n) is 1.66. The fourth-order valence-corrected chi connectivity index (χ4v) is 1.04. The summed E-state index contributed by atoms with van der Waals surface area (Å²) in [6.07, 6.45) is 0.640. The number of hydrogen-bond donors (Lipinski definition) is 2. The molecule has 0 saturated carbocycles. The second-order valence-corrected chi connectivity index (χ2v) is 2.61. The van der Waals surface area contributed by atoms with Crippen LogP contribution >= 0.6 is 0 Å². The van der Waals surface area contributed by atoms with E-state index in [-0.39, 0.29) is 18.5 Å². The lowest BCUT2D eigenvalue weighted by atomic mass is 10.1. The summed E-state index contributed by atoms with van der Waals surface area (Å²) in [7, 11) is 0. The SMILES string of the molecule is NCC[C@@H](O)c1c(F)cncc1F. The molecule has 72 valence electrons. The minimum atomic E-state index is -1.20. The topological polar surface area (TPSA) is 59.1 Å². The number of rotatable bonds is 3. The molecule has 1 aromatic rings. The van der Waals surface area contributed by atoms with Crippen molar-refractivity contribution >= 4 is 0 Å². The van der Waals surface area contributed by atoms with Crippen LogP contribution in [0.1, 0.15) is 18.1 Å². The third kappa shape index (κ3) is 2.19. The van der Waals surface area contributed by atoms with Gasteiger partial charge in [0.2, 0.25) is 0 Å². The summed E-state index contributed by atoms with van der Waals surface area (Å²) in [5.41, 5.74) is 4.79. The quantitative estimate of drug-likeness (QED) is 0.735. The standard InChI is InChI=1S/C8H10F2N2O/c9-5-3-12-4-6(10)8(5)7(13)1-2-11/h3-4,7,13H,1-2,11H2/t7-/m1/s1. The van der Waals surface area contributed by atoms with Crippen molar-refractivity contribution in [2.75, 3.05) is 6.54 Å². The normalized spacial score (nSPS) is 12.9. The van der Waals surface area contributed by atoms with Crippen molar-refractivity contribution in [1.82, 2.24) is 4.98 Å². The Labute approximate surface area is 74.2 Å². The van der Waals surface area contributed by atoms with Crippen LogP contribution < -0.4 is 5.73 Å². The van der Waals surface area contributed by atoms with Crippen LogP contribution in [0.3, 0.4) is 0 Å². The molecule has 0 spiro atoms. The number of nitrogens with zero attached hydrogens (tertiary/aromatic N) is 1. The number of aliphatic hydroxyl groups is 1. The first kappa shape index (κ1) is 10.0. The second kappa shape index (κ2) is 4.25. The maximum Gasteiger partial charge on any atom is 0.150 e. The van der Waals surface area contributed by atoms with E-state index in [0.717, 1.165) is 12.4 Å². The highest BCUT2D eigenvalue weighted by molar-refractivity contribution is 5.17. The molecule has 0 aliphatic heterocycles. The van der Waals surface area contributed by atoms with E-state index in [1.165, 1.54) is 0 Å². The van der Waals surface area contributed by atoms with Gasteiger partial charge in [0.25, 0.3) is 0 Å². The van der Waals surface area contributed by atoms with Crippen molar-refractivity contribution in [1.29, 1.82) is 0 Å². The Hall–Kier alpha value is -1.07. The first-order chi connectivity index (χ1) is 6.16. The zero-order valence-corrected chi connectivity index (χ0v) is 6.87. The van der Waals surface area contributed by atoms with Crippen molar-refractivity contribution in [2.24, 2.45) is 5.73 Å². The van der Waals surface area contributed by atoms with Crippen molar-refractivity contribution in [2.45, 2.75) is 12.5 Å². The Balaban J connectivity index is 2.98. The van der Waals surface area contributed by atoms with E-state index in [2.05, 4.69) is 4.98 Å². The number of hydrogen-bond acceptors (Lipinski definition) is 3. The van der Waals surface area contributed by atoms with Crippen molar-refractivity contribution < 1.29 is 13.9 Å². The molecule has 0 aliphatic carbocycles. The van der Waals surface area contributed by atoms with Gasteiger partial charge < -0.3 is 10.8 Å². The molecule has 3 N–H and O–H groups in total. The fourth-order valence-electron chi connectivity index (χ4n) is 1.04. The minimum Gasteiger partial charge on any atom is -0.388 e. The highest BCUT2D eigenvalue weighted by Crippen LogP contribution is 2.21. The Kier molecular flexibility index (Phi) is 3.27. The van der Waals surface area contributed by atoms with E-state index >= 15 is 0 Å². The molecule has 5 heteroatoms. The summed E-state index contributed by atoms with van der Waals surface area (Å²) in [5, 5.41) is 9.29. The van der Waals surface area contributed by atoms with Gasteiger partial charge in [-0.1, -0.05) is 0 Å². The van der Waals surface area contributed by atoms with Gasteiger partial charge in [-0.15, -0.1) is 0 Å². The zero-order chi connectivity index (χ0) is 9.84. The maximum absolute atomic E-state index is 12.9. The van der Waals surface area contributed by atoms with Gasteiger partial charge in [0.05, 0.1) is 24.1 Å². The smallest absolute Gasteiger partial charge is 0.150 e. The molecule has 0 bridgehead atoms. The summed E-state index contributed by atoms with van der Waals surface area (Å²) >= 11 is 0. The summed E-state index contributed by atoms with van der Waals surface area (Å²) in [5.74, 6) is -1.69. The molecule has 1 aromatic heterocycles. The summed E-state index contributed by atoms with van der Waals surface area (Å²) in [6.45, 7) is 0.169. The summed E-state index contributed by atoms with van der Waals surface area (Å²) < 4.78 is 25.8. The van der Waals surface area contributed by atoms with Gasteiger partial charge in [-0.05, 0) is 13.0 Å². The van der Waals surface area contributed by atoms with E-state index in [9.17, 15) is 13.9 Å². The summed E-state index contributed by atoms with van der Waals surface area (Å²) in [4.78, 5) is 3.29. The lowest BCUT2D eigenvalue weighted by molar-refractivity contribution is 0.160. The van der Waals surface area contributed by atoms with Gasteiger partial charge in [-0.25, -0.2) is 8.78 Å². The number of halogens is 2. The van der Waals surface area contributed by atoms with Gasteiger partial charge in [0.1, 0.15) is 11.6 Å². The number of aliphatic hydroxyl groups excluding tert-OH is 1. The number of pyridine rings is 1. The van der Waals surface area contributed by atoms with Gasteiger partial charge >= 0.3 is 0 Å². The van der Waals surface area contributed by atoms with E-state index in [1.54, 1.807) is 0 Å². The van der Waals surface area contributed by atoms with Gasteiger partial charge in [-0.2, -0.15) is 0 Å². The van der Waals surface area contributed by atoms with Crippen molar-refractivity contribution in [3.63, 3.8) is 0 Å². The molecule has 0 aliphatic rings. The molecular formula is C8H10F2N2O. The Morgan fingerprint density at radius 2 is 1.92 bits per heavy atom. The molecule has 1 atom stereocenters. The molecule has 1 rings (SSSR count). The van der Waals surface area contributed by atoms with Crippen LogP contribution in [0.25, 0.3) is 0 Å². The fraction of sp³-hybridized carbons (Fsp3) is 0.375. The van der Waals surface area contributed by atoms with Crippen molar-refractivity contribution in [3.05, 3.63) is 29.6 Å². The first-order valence-electron chi connectivity index (χ1n) is 3.84. The number of aromatic nitrogens is 1. The lowest BCUT2D eigenvalue weighted by Gasteiger charge is -2.10. The van der Waals surface area contributed by atoms with Crippen LogP contribution in [0.15, 0.2) is 12.4 Å². The van der Waals surface area contributed by atoms with Crippen LogP contribution in [-0.4, -0.2) is 16.6 Å².